The summed E-state index contributed by atoms with van der Waals surface area (Å²) in [5, 5.41) is 0.0418. The zero-order valence-electron chi connectivity index (χ0n) is 25.3. The molecular formula is C32H40F3N5O2S. The van der Waals surface area contributed by atoms with Gasteiger partial charge in [0, 0.05) is 41.9 Å². The molecule has 232 valence electrons. The van der Waals surface area contributed by atoms with Gasteiger partial charge in [-0.3, -0.25) is 0 Å². The summed E-state index contributed by atoms with van der Waals surface area (Å²) in [7, 11) is 0. The highest BCUT2D eigenvalue weighted by molar-refractivity contribution is 7.99. The molecule has 11 heteroatoms. The molecule has 0 saturated carbocycles. The SMILES string of the molecule is CCCCn1c(-c2ccc(Sc3nccc(C(F)(F)F)n3)cc2)nc2c(OCCC)cc(OCCCN(CC)CC)cc21. The monoisotopic (exact) mass is 615 g/mol. The van der Waals surface area contributed by atoms with E-state index >= 15 is 0 Å². The maximum Gasteiger partial charge on any atom is 0.433 e. The van der Waals surface area contributed by atoms with Crippen molar-refractivity contribution >= 4 is 22.8 Å². The molecule has 0 atom stereocenters. The quantitative estimate of drug-likeness (QED) is 0.0927. The van der Waals surface area contributed by atoms with E-state index in [0.29, 0.717) is 19.0 Å². The molecule has 0 radical (unpaired) electrons. The molecule has 0 bridgehead atoms. The maximum absolute atomic E-state index is 13.1. The lowest BCUT2D eigenvalue weighted by atomic mass is 10.2. The molecule has 0 N–H and O–H groups in total. The first-order valence-corrected chi connectivity index (χ1v) is 15.8. The Morgan fingerprint density at radius 1 is 0.884 bits per heavy atom. The maximum atomic E-state index is 13.1. The van der Waals surface area contributed by atoms with Crippen LogP contribution in [-0.2, 0) is 12.7 Å². The molecule has 0 fully saturated rings. The summed E-state index contributed by atoms with van der Waals surface area (Å²) in [6.07, 6.45) is 0.404. The van der Waals surface area contributed by atoms with Crippen LogP contribution in [0.4, 0.5) is 13.2 Å². The van der Waals surface area contributed by atoms with Crippen LogP contribution in [-0.4, -0.2) is 57.3 Å². The van der Waals surface area contributed by atoms with Crippen molar-refractivity contribution in [1.29, 1.82) is 0 Å². The van der Waals surface area contributed by atoms with Gasteiger partial charge >= 0.3 is 6.18 Å². The molecule has 0 aliphatic carbocycles. The van der Waals surface area contributed by atoms with Crippen molar-refractivity contribution in [3.63, 3.8) is 0 Å². The van der Waals surface area contributed by atoms with Crippen molar-refractivity contribution in [3.05, 3.63) is 54.4 Å². The molecule has 0 amide bonds. The van der Waals surface area contributed by atoms with E-state index in [0.717, 1.165) is 109 Å². The fourth-order valence-corrected chi connectivity index (χ4v) is 5.42. The number of alkyl halides is 3. The van der Waals surface area contributed by atoms with Crippen LogP contribution in [0.15, 0.2) is 58.7 Å². The number of halogens is 3. The van der Waals surface area contributed by atoms with Gasteiger partial charge in [0.2, 0.25) is 0 Å². The molecule has 0 saturated heterocycles. The smallest absolute Gasteiger partial charge is 0.433 e. The summed E-state index contributed by atoms with van der Waals surface area (Å²) in [5.74, 6) is 2.26. The van der Waals surface area contributed by atoms with Crippen LogP contribution in [0.5, 0.6) is 11.5 Å². The molecule has 43 heavy (non-hydrogen) atoms. The van der Waals surface area contributed by atoms with E-state index in [-0.39, 0.29) is 5.16 Å². The average Bonchev–Trinajstić information content (AvgIpc) is 3.37. The molecule has 4 rings (SSSR count). The van der Waals surface area contributed by atoms with E-state index < -0.39 is 11.9 Å². The van der Waals surface area contributed by atoms with Gasteiger partial charge in [-0.15, -0.1) is 0 Å². The number of aromatic nitrogens is 4. The molecule has 2 heterocycles. The predicted octanol–water partition coefficient (Wildman–Crippen LogP) is 8.36. The number of unbranched alkanes of at least 4 members (excludes halogenated alkanes) is 1. The van der Waals surface area contributed by atoms with Gasteiger partial charge in [-0.1, -0.05) is 46.2 Å². The van der Waals surface area contributed by atoms with Crippen LogP contribution in [0.3, 0.4) is 0 Å². The highest BCUT2D eigenvalue weighted by Crippen LogP contribution is 2.36. The van der Waals surface area contributed by atoms with Crippen molar-refractivity contribution in [3.8, 4) is 22.9 Å². The third kappa shape index (κ3) is 8.63. The van der Waals surface area contributed by atoms with Crippen molar-refractivity contribution in [2.45, 2.75) is 76.2 Å². The molecule has 0 unspecified atom stereocenters. The number of ether oxygens (including phenoxy) is 2. The Kier molecular flexibility index (Phi) is 11.7. The van der Waals surface area contributed by atoms with Crippen LogP contribution >= 0.6 is 11.8 Å². The van der Waals surface area contributed by atoms with Crippen molar-refractivity contribution in [1.82, 2.24) is 24.4 Å². The number of aryl methyl sites for hydroxylation is 1. The number of nitrogens with zero attached hydrogens (tertiary/aromatic N) is 5. The predicted molar refractivity (Wildman–Crippen MR) is 165 cm³/mol. The summed E-state index contributed by atoms with van der Waals surface area (Å²) >= 11 is 1.08. The van der Waals surface area contributed by atoms with E-state index in [4.69, 9.17) is 14.5 Å². The van der Waals surface area contributed by atoms with Crippen molar-refractivity contribution in [2.24, 2.45) is 0 Å². The Balaban J connectivity index is 1.64. The Labute approximate surface area is 255 Å². The second-order valence-electron chi connectivity index (χ2n) is 10.2. The summed E-state index contributed by atoms with van der Waals surface area (Å²) < 4.78 is 53.8. The largest absolute Gasteiger partial charge is 0.493 e. The fraction of sp³-hybridized carbons (Fsp3) is 0.469. The molecule has 2 aromatic heterocycles. The summed E-state index contributed by atoms with van der Waals surface area (Å²) in [6, 6.07) is 12.4. The average molecular weight is 616 g/mol. The molecule has 7 nitrogen and oxygen atoms in total. The molecule has 0 aliphatic heterocycles. The minimum atomic E-state index is -4.52. The topological polar surface area (TPSA) is 65.3 Å². The lowest BCUT2D eigenvalue weighted by Gasteiger charge is -2.18. The molecule has 0 aliphatic rings. The van der Waals surface area contributed by atoms with Crippen LogP contribution in [0.2, 0.25) is 0 Å². The van der Waals surface area contributed by atoms with Gasteiger partial charge < -0.3 is 18.9 Å². The second-order valence-corrected chi connectivity index (χ2v) is 11.2. The van der Waals surface area contributed by atoms with Gasteiger partial charge in [-0.2, -0.15) is 13.2 Å². The van der Waals surface area contributed by atoms with Crippen molar-refractivity contribution < 1.29 is 22.6 Å². The lowest BCUT2D eigenvalue weighted by Crippen LogP contribution is -2.25. The van der Waals surface area contributed by atoms with Gasteiger partial charge in [0.05, 0.1) is 18.7 Å². The molecule has 0 spiro atoms. The lowest BCUT2D eigenvalue weighted by molar-refractivity contribution is -0.141. The summed E-state index contributed by atoms with van der Waals surface area (Å²) in [6.45, 7) is 13.5. The first kappa shape index (κ1) is 32.6. The third-order valence-corrected chi connectivity index (χ3v) is 7.90. The van der Waals surface area contributed by atoms with Crippen LogP contribution in [0, 0.1) is 0 Å². The first-order valence-electron chi connectivity index (χ1n) is 15.0. The van der Waals surface area contributed by atoms with Gasteiger partial charge in [0.1, 0.15) is 22.8 Å². The third-order valence-electron chi connectivity index (χ3n) is 7.02. The van der Waals surface area contributed by atoms with E-state index in [2.05, 4.69) is 47.1 Å². The Hall–Kier alpha value is -3.31. The standard InChI is InChI=1S/C32H40F3N5O2S/c1-5-9-18-40-26-21-24(41-20-10-17-39(7-3)8-4)22-27(42-19-6-2)29(26)38-30(40)23-11-13-25(14-12-23)43-31-36-16-15-28(37-31)32(33,34)35/h11-16,21-22H,5-10,17-20H2,1-4H3. The number of fused-ring (bicyclic) bond motifs is 1. The number of hydrogen-bond donors (Lipinski definition) is 0. The minimum Gasteiger partial charge on any atom is -0.493 e. The Morgan fingerprint density at radius 3 is 2.33 bits per heavy atom. The number of hydrogen-bond acceptors (Lipinski definition) is 7. The van der Waals surface area contributed by atoms with E-state index in [1.807, 2.05) is 36.4 Å². The van der Waals surface area contributed by atoms with Crippen molar-refractivity contribution in [2.75, 3.05) is 32.8 Å². The Bertz CT molecular complexity index is 1460. The van der Waals surface area contributed by atoms with E-state index in [1.54, 1.807) is 0 Å². The highest BCUT2D eigenvalue weighted by Gasteiger charge is 2.32. The number of rotatable bonds is 16. The molecule has 4 aromatic rings. The highest BCUT2D eigenvalue weighted by atomic mass is 32.2. The van der Waals surface area contributed by atoms with Gasteiger partial charge in [0.15, 0.2) is 10.9 Å². The fourth-order valence-electron chi connectivity index (χ4n) is 4.68. The zero-order valence-corrected chi connectivity index (χ0v) is 26.1. The van der Waals surface area contributed by atoms with Crippen LogP contribution < -0.4 is 9.47 Å². The molecule has 2 aromatic carbocycles. The number of benzene rings is 2. The summed E-state index contributed by atoms with van der Waals surface area (Å²) in [5.41, 5.74) is 1.67. The number of imidazole rings is 1. The van der Waals surface area contributed by atoms with Crippen LogP contribution in [0.1, 0.15) is 59.1 Å². The normalized spacial score (nSPS) is 11.9. The second kappa shape index (κ2) is 15.4. The van der Waals surface area contributed by atoms with Gasteiger partial charge in [-0.05, 0) is 62.3 Å². The van der Waals surface area contributed by atoms with Gasteiger partial charge in [-0.25, -0.2) is 15.0 Å². The molecular weight excluding hydrogens is 575 g/mol. The minimum absolute atomic E-state index is 0.0418. The van der Waals surface area contributed by atoms with E-state index in [1.165, 1.54) is 0 Å². The Morgan fingerprint density at radius 2 is 1.65 bits per heavy atom. The summed E-state index contributed by atoms with van der Waals surface area (Å²) in [4.78, 5) is 15.8. The van der Waals surface area contributed by atoms with Gasteiger partial charge in [0.25, 0.3) is 0 Å². The van der Waals surface area contributed by atoms with Crippen LogP contribution in [0.25, 0.3) is 22.4 Å². The zero-order chi connectivity index (χ0) is 30.8. The first-order chi connectivity index (χ1) is 20.8. The van der Waals surface area contributed by atoms with E-state index in [9.17, 15) is 13.2 Å².